The van der Waals surface area contributed by atoms with Gasteiger partial charge in [-0.25, -0.2) is 9.07 Å². The number of benzene rings is 2. The number of anilines is 1. The van der Waals surface area contributed by atoms with Gasteiger partial charge in [-0.15, -0.1) is 0 Å². The van der Waals surface area contributed by atoms with Gasteiger partial charge in [0.25, 0.3) is 5.91 Å². The molecule has 1 N–H and O–H groups in total. The molecule has 1 saturated carbocycles. The molecular formula is C20H15F4N3O. The molecule has 1 aromatic heterocycles. The zero-order chi connectivity index (χ0) is 19.9. The summed E-state index contributed by atoms with van der Waals surface area (Å²) in [6.07, 6.45) is -2.75. The summed E-state index contributed by atoms with van der Waals surface area (Å²) in [4.78, 5) is 12.5. The number of hydrogen-bond donors (Lipinski definition) is 1. The second kappa shape index (κ2) is 6.78. The Morgan fingerprint density at radius 3 is 2.43 bits per heavy atom. The van der Waals surface area contributed by atoms with E-state index in [1.807, 2.05) is 18.2 Å². The highest BCUT2D eigenvalue weighted by Crippen LogP contribution is 2.40. The molecule has 28 heavy (non-hydrogen) atoms. The third kappa shape index (κ3) is 3.76. The third-order valence-electron chi connectivity index (χ3n) is 4.45. The minimum atomic E-state index is -4.75. The van der Waals surface area contributed by atoms with E-state index in [2.05, 4.69) is 10.4 Å². The highest BCUT2D eigenvalue weighted by atomic mass is 19.4. The lowest BCUT2D eigenvalue weighted by atomic mass is 10.1. The normalized spacial score (nSPS) is 14.1. The number of hydrogen-bond acceptors (Lipinski definition) is 2. The molecule has 4 rings (SSSR count). The Kier molecular flexibility index (Phi) is 4.41. The van der Waals surface area contributed by atoms with Crippen molar-refractivity contribution in [2.24, 2.45) is 0 Å². The molecule has 2 aromatic carbocycles. The van der Waals surface area contributed by atoms with Crippen LogP contribution < -0.4 is 5.32 Å². The van der Waals surface area contributed by atoms with Gasteiger partial charge in [-0.3, -0.25) is 4.79 Å². The summed E-state index contributed by atoms with van der Waals surface area (Å²) >= 11 is 0. The van der Waals surface area contributed by atoms with E-state index in [0.29, 0.717) is 29.6 Å². The first-order chi connectivity index (χ1) is 13.3. The van der Waals surface area contributed by atoms with Gasteiger partial charge in [0, 0.05) is 17.5 Å². The predicted molar refractivity (Wildman–Crippen MR) is 94.9 cm³/mol. The van der Waals surface area contributed by atoms with Crippen molar-refractivity contribution in [3.63, 3.8) is 0 Å². The maximum Gasteiger partial charge on any atom is 0.416 e. The molecule has 0 radical (unpaired) electrons. The van der Waals surface area contributed by atoms with Crippen LogP contribution in [0.5, 0.6) is 0 Å². The van der Waals surface area contributed by atoms with Gasteiger partial charge in [0.1, 0.15) is 11.6 Å². The lowest BCUT2D eigenvalue weighted by molar-refractivity contribution is -0.137. The highest BCUT2D eigenvalue weighted by molar-refractivity contribution is 6.04. The van der Waals surface area contributed by atoms with Gasteiger partial charge in [0.05, 0.1) is 16.9 Å². The Labute approximate surface area is 157 Å². The van der Waals surface area contributed by atoms with Crippen LogP contribution in [0.2, 0.25) is 0 Å². The van der Waals surface area contributed by atoms with Crippen LogP contribution in [0.3, 0.4) is 0 Å². The standard InChI is InChI=1S/C20H15F4N3O/c21-15-9-13(8-14(10-15)20(22,23)24)19(28)25-18-11-17(12-6-7-12)26-27(18)16-4-2-1-3-5-16/h1-5,8-12H,6-7H2,(H,25,28). The van der Waals surface area contributed by atoms with Gasteiger partial charge in [0.2, 0.25) is 0 Å². The fourth-order valence-corrected chi connectivity index (χ4v) is 2.91. The summed E-state index contributed by atoms with van der Waals surface area (Å²) in [5, 5.41) is 7.07. The first-order valence-electron chi connectivity index (χ1n) is 8.66. The summed E-state index contributed by atoms with van der Waals surface area (Å²) in [5.74, 6) is -1.35. The van der Waals surface area contributed by atoms with Gasteiger partial charge >= 0.3 is 6.18 Å². The lowest BCUT2D eigenvalue weighted by Crippen LogP contribution is -2.17. The van der Waals surface area contributed by atoms with Crippen molar-refractivity contribution in [3.8, 4) is 5.69 Å². The van der Waals surface area contributed by atoms with E-state index in [0.717, 1.165) is 24.6 Å². The van der Waals surface area contributed by atoms with E-state index >= 15 is 0 Å². The Bertz CT molecular complexity index is 1020. The van der Waals surface area contributed by atoms with Gasteiger partial charge in [0.15, 0.2) is 0 Å². The van der Waals surface area contributed by atoms with Gasteiger partial charge in [-0.05, 0) is 43.2 Å². The Morgan fingerprint density at radius 2 is 1.79 bits per heavy atom. The van der Waals surface area contributed by atoms with E-state index in [9.17, 15) is 22.4 Å². The maximum atomic E-state index is 13.6. The minimum Gasteiger partial charge on any atom is -0.306 e. The molecule has 1 aliphatic carbocycles. The topological polar surface area (TPSA) is 46.9 Å². The van der Waals surface area contributed by atoms with E-state index < -0.39 is 29.0 Å². The zero-order valence-corrected chi connectivity index (χ0v) is 14.5. The third-order valence-corrected chi connectivity index (χ3v) is 4.45. The van der Waals surface area contributed by atoms with Crippen molar-refractivity contribution in [1.82, 2.24) is 9.78 Å². The van der Waals surface area contributed by atoms with E-state index in [4.69, 9.17) is 0 Å². The first-order valence-corrected chi connectivity index (χ1v) is 8.66. The number of nitrogens with zero attached hydrogens (tertiary/aromatic N) is 2. The average Bonchev–Trinajstić information content (AvgIpc) is 3.42. The lowest BCUT2D eigenvalue weighted by Gasteiger charge is -2.11. The largest absolute Gasteiger partial charge is 0.416 e. The number of rotatable bonds is 4. The van der Waals surface area contributed by atoms with Crippen molar-refractivity contribution >= 4 is 11.7 Å². The van der Waals surface area contributed by atoms with E-state index in [1.54, 1.807) is 18.2 Å². The average molecular weight is 389 g/mol. The number of halogens is 4. The smallest absolute Gasteiger partial charge is 0.306 e. The van der Waals surface area contributed by atoms with Crippen molar-refractivity contribution in [3.05, 3.63) is 77.2 Å². The van der Waals surface area contributed by atoms with Crippen molar-refractivity contribution in [1.29, 1.82) is 0 Å². The molecule has 1 aliphatic rings. The quantitative estimate of drug-likeness (QED) is 0.627. The number of carbonyl (C=O) groups excluding carboxylic acids is 1. The molecule has 8 heteroatoms. The molecule has 0 saturated heterocycles. The molecule has 0 aliphatic heterocycles. The molecule has 0 bridgehead atoms. The minimum absolute atomic E-state index is 0.312. The van der Waals surface area contributed by atoms with Crippen LogP contribution in [0.25, 0.3) is 5.69 Å². The molecule has 1 fully saturated rings. The molecule has 0 unspecified atom stereocenters. The monoisotopic (exact) mass is 389 g/mol. The molecule has 3 aromatic rings. The van der Waals surface area contributed by atoms with Crippen LogP contribution in [-0.2, 0) is 6.18 Å². The number of aromatic nitrogens is 2. The number of alkyl halides is 3. The summed E-state index contributed by atoms with van der Waals surface area (Å²) in [7, 11) is 0. The van der Waals surface area contributed by atoms with Crippen molar-refractivity contribution < 1.29 is 22.4 Å². The molecular weight excluding hydrogens is 374 g/mol. The molecule has 0 atom stereocenters. The molecule has 4 nitrogen and oxygen atoms in total. The fourth-order valence-electron chi connectivity index (χ4n) is 2.91. The molecule has 0 spiro atoms. The molecule has 1 amide bonds. The van der Waals surface area contributed by atoms with Gasteiger partial charge in [-0.1, -0.05) is 18.2 Å². The van der Waals surface area contributed by atoms with E-state index in [-0.39, 0.29) is 0 Å². The van der Waals surface area contributed by atoms with Crippen LogP contribution in [0.15, 0.2) is 54.6 Å². The first kappa shape index (κ1) is 18.2. The number of para-hydroxylation sites is 1. The van der Waals surface area contributed by atoms with Crippen LogP contribution in [-0.4, -0.2) is 15.7 Å². The van der Waals surface area contributed by atoms with Crippen molar-refractivity contribution in [2.75, 3.05) is 5.32 Å². The summed E-state index contributed by atoms with van der Waals surface area (Å²) in [6, 6.07) is 12.5. The number of carbonyl (C=O) groups is 1. The SMILES string of the molecule is O=C(Nc1cc(C2CC2)nn1-c1ccccc1)c1cc(F)cc(C(F)(F)F)c1. The Balaban J connectivity index is 1.68. The Hall–Kier alpha value is -3.16. The second-order valence-corrected chi connectivity index (χ2v) is 6.66. The summed E-state index contributed by atoms with van der Waals surface area (Å²) < 4.78 is 53.9. The molecule has 1 heterocycles. The molecule has 144 valence electrons. The maximum absolute atomic E-state index is 13.6. The van der Waals surface area contributed by atoms with Gasteiger partial charge in [-0.2, -0.15) is 18.3 Å². The van der Waals surface area contributed by atoms with Crippen LogP contribution >= 0.6 is 0 Å². The zero-order valence-electron chi connectivity index (χ0n) is 14.5. The van der Waals surface area contributed by atoms with Crippen LogP contribution in [0, 0.1) is 5.82 Å². The highest BCUT2D eigenvalue weighted by Gasteiger charge is 2.32. The van der Waals surface area contributed by atoms with Crippen molar-refractivity contribution in [2.45, 2.75) is 24.9 Å². The summed E-state index contributed by atoms with van der Waals surface area (Å²) in [6.45, 7) is 0. The van der Waals surface area contributed by atoms with Crippen LogP contribution in [0.4, 0.5) is 23.4 Å². The van der Waals surface area contributed by atoms with Crippen LogP contribution in [0.1, 0.15) is 40.4 Å². The predicted octanol–water partition coefficient (Wildman–Crippen LogP) is 5.16. The number of nitrogens with one attached hydrogen (secondary N) is 1. The second-order valence-electron chi connectivity index (χ2n) is 6.66. The fraction of sp³-hybridized carbons (Fsp3) is 0.200. The van der Waals surface area contributed by atoms with E-state index in [1.165, 1.54) is 4.68 Å². The number of amides is 1. The summed E-state index contributed by atoms with van der Waals surface area (Å²) in [5.41, 5.74) is -0.136. The Morgan fingerprint density at radius 1 is 1.07 bits per heavy atom. The van der Waals surface area contributed by atoms with Gasteiger partial charge < -0.3 is 5.32 Å².